The molecule has 0 aliphatic rings. The summed E-state index contributed by atoms with van der Waals surface area (Å²) in [6.45, 7) is 1.95. The van der Waals surface area contributed by atoms with Gasteiger partial charge in [0.05, 0.1) is 0 Å². The van der Waals surface area contributed by atoms with Gasteiger partial charge in [-0.1, -0.05) is 23.5 Å². The van der Waals surface area contributed by atoms with Crippen LogP contribution in [0.4, 0.5) is 5.69 Å². The predicted octanol–water partition coefficient (Wildman–Crippen LogP) is 5.14. The zero-order valence-electron chi connectivity index (χ0n) is 15.9. The van der Waals surface area contributed by atoms with Crippen molar-refractivity contribution >= 4 is 40.1 Å². The largest absolute Gasteiger partial charge is 0.431 e. The van der Waals surface area contributed by atoms with E-state index in [1.807, 2.05) is 55.7 Å². The molecule has 0 radical (unpaired) electrons. The monoisotopic (exact) mass is 425 g/mol. The van der Waals surface area contributed by atoms with E-state index in [1.165, 1.54) is 23.5 Å². The third-order valence-corrected chi connectivity index (χ3v) is 5.64. The molecular formula is C21H19N3O3S2. The van der Waals surface area contributed by atoms with Gasteiger partial charge in [0.15, 0.2) is 0 Å². The van der Waals surface area contributed by atoms with Crippen molar-refractivity contribution in [1.29, 1.82) is 0 Å². The highest BCUT2D eigenvalue weighted by Crippen LogP contribution is 2.29. The van der Waals surface area contributed by atoms with E-state index in [0.29, 0.717) is 28.5 Å². The summed E-state index contributed by atoms with van der Waals surface area (Å²) in [5.41, 5.74) is 3.75. The van der Waals surface area contributed by atoms with Crippen molar-refractivity contribution < 1.29 is 9.15 Å². The van der Waals surface area contributed by atoms with Crippen LogP contribution in [0.25, 0.3) is 11.0 Å². The van der Waals surface area contributed by atoms with Crippen LogP contribution < -0.4 is 19.8 Å². The number of thiazole rings is 1. The van der Waals surface area contributed by atoms with Crippen LogP contribution in [-0.4, -0.2) is 12.0 Å². The maximum Gasteiger partial charge on any atom is 0.340 e. The summed E-state index contributed by atoms with van der Waals surface area (Å²) in [6.07, 6.45) is 2.18. The number of aryl methyl sites for hydroxylation is 1. The van der Waals surface area contributed by atoms with Crippen LogP contribution >= 0.6 is 23.5 Å². The zero-order valence-corrected chi connectivity index (χ0v) is 17.5. The fraction of sp³-hybridized carbons (Fsp3) is 0.143. The van der Waals surface area contributed by atoms with E-state index in [0.717, 1.165) is 22.2 Å². The van der Waals surface area contributed by atoms with E-state index in [-0.39, 0.29) is 5.63 Å². The first-order valence-electron chi connectivity index (χ1n) is 8.95. The molecule has 0 amide bonds. The molecule has 8 heteroatoms. The fourth-order valence-corrected chi connectivity index (χ4v) is 3.91. The molecule has 0 saturated heterocycles. The second-order valence-corrected chi connectivity index (χ2v) is 8.01. The van der Waals surface area contributed by atoms with Gasteiger partial charge in [-0.25, -0.2) is 14.5 Å². The first-order valence-corrected chi connectivity index (χ1v) is 10.6. The van der Waals surface area contributed by atoms with Gasteiger partial charge in [0.2, 0.25) is 0 Å². The fourth-order valence-electron chi connectivity index (χ4n) is 3.06. The van der Waals surface area contributed by atoms with Gasteiger partial charge in [-0.15, -0.1) is 0 Å². The van der Waals surface area contributed by atoms with Crippen LogP contribution in [0.3, 0.4) is 0 Å². The number of nitrogens with zero attached hydrogens (tertiary/aromatic N) is 1. The summed E-state index contributed by atoms with van der Waals surface area (Å²) >= 11 is 2.79. The molecule has 4 rings (SSSR count). The first kappa shape index (κ1) is 19.5. The highest BCUT2D eigenvalue weighted by Gasteiger charge is 2.13. The third-order valence-electron chi connectivity index (χ3n) is 4.45. The summed E-state index contributed by atoms with van der Waals surface area (Å²) in [4.78, 5) is 16.8. The molecular weight excluding hydrogens is 406 g/mol. The zero-order chi connectivity index (χ0) is 20.2. The molecule has 0 aliphatic heterocycles. The lowest BCUT2D eigenvalue weighted by Gasteiger charge is -2.10. The highest BCUT2D eigenvalue weighted by molar-refractivity contribution is 7.98. The number of fused-ring (bicyclic) bond motifs is 1. The Morgan fingerprint density at radius 2 is 2.14 bits per heavy atom. The molecule has 29 heavy (non-hydrogen) atoms. The number of hydrogen-bond donors (Lipinski definition) is 2. The van der Waals surface area contributed by atoms with Crippen LogP contribution in [-0.2, 0) is 6.42 Å². The Hall–Kier alpha value is -2.81. The maximum atomic E-state index is 12.7. The number of hydrogen-bond acceptors (Lipinski definition) is 8. The van der Waals surface area contributed by atoms with Gasteiger partial charge in [-0.3, -0.25) is 0 Å². The average molecular weight is 426 g/mol. The Morgan fingerprint density at radius 1 is 1.24 bits per heavy atom. The molecule has 0 saturated carbocycles. The highest BCUT2D eigenvalue weighted by atomic mass is 32.2. The molecule has 0 aliphatic carbocycles. The van der Waals surface area contributed by atoms with E-state index in [4.69, 9.17) is 9.15 Å². The van der Waals surface area contributed by atoms with E-state index in [1.54, 1.807) is 12.3 Å². The van der Waals surface area contributed by atoms with E-state index in [2.05, 4.69) is 14.4 Å². The number of rotatable bonds is 7. The Kier molecular flexibility index (Phi) is 5.84. The second kappa shape index (κ2) is 8.69. The van der Waals surface area contributed by atoms with Gasteiger partial charge in [0.1, 0.15) is 11.3 Å². The lowest BCUT2D eigenvalue weighted by molar-refractivity contribution is 0.476. The van der Waals surface area contributed by atoms with Gasteiger partial charge >= 0.3 is 5.63 Å². The van der Waals surface area contributed by atoms with Gasteiger partial charge in [0.25, 0.3) is 5.19 Å². The molecule has 0 unspecified atom stereocenters. The quantitative estimate of drug-likeness (QED) is 0.314. The molecule has 0 atom stereocenters. The van der Waals surface area contributed by atoms with Crippen LogP contribution in [0.5, 0.6) is 10.9 Å². The number of anilines is 1. The van der Waals surface area contributed by atoms with Crippen molar-refractivity contribution in [3.05, 3.63) is 81.2 Å². The van der Waals surface area contributed by atoms with Crippen molar-refractivity contribution in [1.82, 2.24) is 9.71 Å². The minimum Gasteiger partial charge on any atom is -0.431 e. The molecule has 4 aromatic rings. The van der Waals surface area contributed by atoms with Crippen LogP contribution in [0, 0.1) is 6.92 Å². The maximum absolute atomic E-state index is 12.7. The smallest absolute Gasteiger partial charge is 0.340 e. The first-order chi connectivity index (χ1) is 14.1. The van der Waals surface area contributed by atoms with Crippen molar-refractivity contribution in [3.63, 3.8) is 0 Å². The molecule has 0 spiro atoms. The SMILES string of the molecule is CNSNc1cccc(Cc2c(C)c3ccc(Oc4nccs4)cc3oc2=O)c1. The minimum absolute atomic E-state index is 0.329. The number of nitrogens with one attached hydrogen (secondary N) is 2. The molecule has 2 aromatic carbocycles. The predicted molar refractivity (Wildman–Crippen MR) is 119 cm³/mol. The average Bonchev–Trinajstić information content (AvgIpc) is 3.23. The van der Waals surface area contributed by atoms with Crippen LogP contribution in [0.15, 0.2) is 63.3 Å². The Labute approximate surface area is 176 Å². The minimum atomic E-state index is -0.329. The standard InChI is InChI=1S/C21H19N3O3S2/c1-13-17-7-6-16(26-21-23-8-9-28-21)12-19(17)27-20(25)18(13)11-14-4-3-5-15(10-14)24-29-22-2/h3-10,12,22,24H,11H2,1-2H3. The molecule has 6 nitrogen and oxygen atoms in total. The van der Waals surface area contributed by atoms with Gasteiger partial charge < -0.3 is 13.9 Å². The summed E-state index contributed by atoms with van der Waals surface area (Å²) in [6, 6.07) is 13.5. The van der Waals surface area contributed by atoms with E-state index < -0.39 is 0 Å². The Balaban J connectivity index is 1.64. The molecule has 2 N–H and O–H groups in total. The number of benzene rings is 2. The number of ether oxygens (including phenoxy) is 1. The lowest BCUT2D eigenvalue weighted by atomic mass is 9.99. The second-order valence-electron chi connectivity index (χ2n) is 6.34. The van der Waals surface area contributed by atoms with Crippen molar-refractivity contribution in [3.8, 4) is 10.9 Å². The molecule has 2 heterocycles. The molecule has 148 valence electrons. The summed E-state index contributed by atoms with van der Waals surface area (Å²) < 4.78 is 17.5. The van der Waals surface area contributed by atoms with Crippen LogP contribution in [0.2, 0.25) is 0 Å². The van der Waals surface area contributed by atoms with E-state index >= 15 is 0 Å². The molecule has 0 bridgehead atoms. The summed E-state index contributed by atoms with van der Waals surface area (Å²) in [5.74, 6) is 0.587. The summed E-state index contributed by atoms with van der Waals surface area (Å²) in [7, 11) is 1.85. The van der Waals surface area contributed by atoms with Crippen LogP contribution in [0.1, 0.15) is 16.7 Å². The normalized spacial score (nSPS) is 11.0. The third kappa shape index (κ3) is 4.45. The lowest BCUT2D eigenvalue weighted by Crippen LogP contribution is -2.11. The topological polar surface area (TPSA) is 76.4 Å². The van der Waals surface area contributed by atoms with Crippen molar-refractivity contribution in [2.24, 2.45) is 0 Å². The van der Waals surface area contributed by atoms with Crippen molar-refractivity contribution in [2.75, 3.05) is 11.8 Å². The summed E-state index contributed by atoms with van der Waals surface area (Å²) in [5, 5.41) is 3.28. The Bertz CT molecular complexity index is 1190. The van der Waals surface area contributed by atoms with Gasteiger partial charge in [0, 0.05) is 52.8 Å². The molecule has 2 aromatic heterocycles. The van der Waals surface area contributed by atoms with E-state index in [9.17, 15) is 4.79 Å². The Morgan fingerprint density at radius 3 is 2.93 bits per heavy atom. The van der Waals surface area contributed by atoms with Gasteiger partial charge in [-0.2, -0.15) is 0 Å². The van der Waals surface area contributed by atoms with Gasteiger partial charge in [-0.05, 0) is 49.4 Å². The van der Waals surface area contributed by atoms with Crippen molar-refractivity contribution in [2.45, 2.75) is 13.3 Å². The molecule has 0 fully saturated rings. The number of aromatic nitrogens is 1.